The highest BCUT2D eigenvalue weighted by molar-refractivity contribution is 7.47. The first kappa shape index (κ1) is 58.0. The highest BCUT2D eigenvalue weighted by atomic mass is 31.2. The number of carbonyl (C=O) groups is 2. The zero-order valence-electron chi connectivity index (χ0n) is 39.1. The second-order valence-corrected chi connectivity index (χ2v) is 18.1. The van der Waals surface area contributed by atoms with Gasteiger partial charge in [-0.2, -0.15) is 0 Å². The second-order valence-electron chi connectivity index (χ2n) is 16.6. The molecule has 0 radical (unpaired) electrons. The number of esters is 2. The van der Waals surface area contributed by atoms with Crippen molar-refractivity contribution in [3.63, 3.8) is 0 Å². The molecule has 0 heterocycles. The van der Waals surface area contributed by atoms with Crippen LogP contribution in [-0.4, -0.2) is 43.3 Å². The van der Waals surface area contributed by atoms with Gasteiger partial charge in [0.2, 0.25) is 0 Å². The number of hydrogen-bond acceptors (Lipinski definition) is 7. The van der Waals surface area contributed by atoms with Crippen molar-refractivity contribution in [2.24, 2.45) is 0 Å². The van der Waals surface area contributed by atoms with E-state index in [9.17, 15) is 19.0 Å². The monoisotopic (exact) mass is 865 g/mol. The van der Waals surface area contributed by atoms with Crippen LogP contribution in [0.25, 0.3) is 0 Å². The average molecular weight is 865 g/mol. The van der Waals surface area contributed by atoms with Gasteiger partial charge in [0, 0.05) is 20.0 Å². The van der Waals surface area contributed by atoms with Crippen molar-refractivity contribution in [3.8, 4) is 0 Å². The van der Waals surface area contributed by atoms with Crippen LogP contribution in [0.5, 0.6) is 0 Å². The Bertz CT molecular complexity index is 1120. The van der Waals surface area contributed by atoms with Gasteiger partial charge in [0.05, 0.1) is 6.61 Å². The van der Waals surface area contributed by atoms with Gasteiger partial charge in [-0.25, -0.2) is 4.57 Å². The first-order valence-corrected chi connectivity index (χ1v) is 26.3. The summed E-state index contributed by atoms with van der Waals surface area (Å²) in [6.45, 7) is 3.79. The van der Waals surface area contributed by atoms with E-state index in [1.54, 1.807) is 0 Å². The Labute approximate surface area is 369 Å². The van der Waals surface area contributed by atoms with Gasteiger partial charge in [0.25, 0.3) is 0 Å². The maximum atomic E-state index is 12.5. The third-order valence-corrected chi connectivity index (χ3v) is 11.8. The molecule has 0 rings (SSSR count). The molecule has 350 valence electrons. The maximum absolute atomic E-state index is 12.5. The van der Waals surface area contributed by atoms with Crippen LogP contribution in [0.15, 0.2) is 48.6 Å². The summed E-state index contributed by atoms with van der Waals surface area (Å²) in [6.07, 6.45) is 57.5. The molecule has 9 heteroatoms. The largest absolute Gasteiger partial charge is 0.472 e. The molecular formula is C51H93O8P. The van der Waals surface area contributed by atoms with Crippen LogP contribution in [0, 0.1) is 0 Å². The molecular weight excluding hydrogens is 772 g/mol. The molecule has 8 nitrogen and oxygen atoms in total. The van der Waals surface area contributed by atoms with Gasteiger partial charge in [-0.3, -0.25) is 18.6 Å². The summed E-state index contributed by atoms with van der Waals surface area (Å²) in [5.41, 5.74) is 0. The minimum absolute atomic E-state index is 0.217. The molecule has 0 aliphatic rings. The van der Waals surface area contributed by atoms with E-state index >= 15 is 0 Å². The fourth-order valence-corrected chi connectivity index (χ4v) is 7.52. The smallest absolute Gasteiger partial charge is 0.462 e. The van der Waals surface area contributed by atoms with Crippen molar-refractivity contribution in [1.29, 1.82) is 0 Å². The average Bonchev–Trinajstić information content (AvgIpc) is 3.24. The number of carbonyl (C=O) groups excluding carboxylic acids is 2. The van der Waals surface area contributed by atoms with E-state index in [0.717, 1.165) is 77.7 Å². The minimum Gasteiger partial charge on any atom is -0.462 e. The molecule has 0 aliphatic heterocycles. The summed E-state index contributed by atoms with van der Waals surface area (Å²) in [5.74, 6) is -0.823. The van der Waals surface area contributed by atoms with Crippen LogP contribution in [0.4, 0.5) is 0 Å². The van der Waals surface area contributed by atoms with Crippen LogP contribution in [0.3, 0.4) is 0 Å². The standard InChI is InChI=1S/C51H93O8P/c1-4-6-8-10-12-14-16-18-20-22-23-24-25-26-27-28-30-31-33-35-37-39-41-43-45-50(52)57-47-49(48-58-60(54,55)56-3)59-51(53)46-44-42-40-38-36-34-32-29-21-19-17-15-13-11-9-7-5-2/h7,9,13,15,19,21,32,34,49H,4-6,8,10-12,14,16-18,20,22-31,33,35-48H2,1-3H3,(H,54,55)/b9-7-,15-13-,21-19-,34-32-. The lowest BCUT2D eigenvalue weighted by Gasteiger charge is -2.19. The number of allylic oxidation sites excluding steroid dienone is 8. The molecule has 0 saturated carbocycles. The SMILES string of the molecule is CC/C=C\C/C=C\C/C=C\C/C=C\CCCCCCC(=O)OC(COC(=O)CCCCCCCCCCCCCCCCCCCCCCCCCC)COP(=O)(O)OC. The van der Waals surface area contributed by atoms with Gasteiger partial charge >= 0.3 is 19.8 Å². The Morgan fingerprint density at radius 3 is 1.27 bits per heavy atom. The second kappa shape index (κ2) is 46.5. The summed E-state index contributed by atoms with van der Waals surface area (Å²) in [7, 11) is -3.21. The van der Waals surface area contributed by atoms with Crippen LogP contribution >= 0.6 is 7.82 Å². The third kappa shape index (κ3) is 45.5. The Balaban J connectivity index is 3.89. The molecule has 0 fully saturated rings. The number of rotatable bonds is 46. The lowest BCUT2D eigenvalue weighted by Crippen LogP contribution is -2.29. The summed E-state index contributed by atoms with van der Waals surface area (Å²) < 4.78 is 32.1. The Morgan fingerprint density at radius 2 is 0.850 bits per heavy atom. The van der Waals surface area contributed by atoms with Crippen LogP contribution in [0.2, 0.25) is 0 Å². The molecule has 0 aromatic heterocycles. The molecule has 0 aliphatic carbocycles. The minimum atomic E-state index is -4.27. The molecule has 0 aromatic rings. The van der Waals surface area contributed by atoms with E-state index in [2.05, 4.69) is 67.0 Å². The number of phosphoric ester groups is 1. The molecule has 0 spiro atoms. The Hall–Kier alpha value is -1.99. The number of hydrogen-bond donors (Lipinski definition) is 1. The van der Waals surface area contributed by atoms with Gasteiger partial charge in [-0.05, 0) is 51.4 Å². The van der Waals surface area contributed by atoms with Gasteiger partial charge in [-0.1, -0.05) is 223 Å². The van der Waals surface area contributed by atoms with E-state index in [1.807, 2.05) is 0 Å². The highest BCUT2D eigenvalue weighted by Gasteiger charge is 2.24. The van der Waals surface area contributed by atoms with E-state index in [1.165, 1.54) is 135 Å². The zero-order chi connectivity index (χ0) is 43.9. The van der Waals surface area contributed by atoms with Crippen LogP contribution < -0.4 is 0 Å². The van der Waals surface area contributed by atoms with Crippen molar-refractivity contribution >= 4 is 19.8 Å². The van der Waals surface area contributed by atoms with Crippen molar-refractivity contribution in [2.45, 2.75) is 245 Å². The van der Waals surface area contributed by atoms with Gasteiger partial charge < -0.3 is 14.4 Å². The Morgan fingerprint density at radius 1 is 0.483 bits per heavy atom. The summed E-state index contributed by atoms with van der Waals surface area (Å²) in [5, 5.41) is 0. The number of unbranched alkanes of at least 4 members (excludes halogenated alkanes) is 27. The van der Waals surface area contributed by atoms with Gasteiger partial charge in [-0.15, -0.1) is 0 Å². The summed E-state index contributed by atoms with van der Waals surface area (Å²) >= 11 is 0. The van der Waals surface area contributed by atoms with E-state index in [0.29, 0.717) is 6.42 Å². The molecule has 2 atom stereocenters. The molecule has 0 aromatic carbocycles. The van der Waals surface area contributed by atoms with Gasteiger partial charge in [0.15, 0.2) is 6.10 Å². The van der Waals surface area contributed by atoms with E-state index in [4.69, 9.17) is 14.0 Å². The summed E-state index contributed by atoms with van der Waals surface area (Å²) in [6, 6.07) is 0. The van der Waals surface area contributed by atoms with Crippen molar-refractivity contribution in [3.05, 3.63) is 48.6 Å². The normalized spacial score (nSPS) is 13.6. The molecule has 1 N–H and O–H groups in total. The van der Waals surface area contributed by atoms with Crippen molar-refractivity contribution < 1.29 is 37.6 Å². The molecule has 2 unspecified atom stereocenters. The van der Waals surface area contributed by atoms with Crippen LogP contribution in [0.1, 0.15) is 239 Å². The molecule has 60 heavy (non-hydrogen) atoms. The first-order valence-electron chi connectivity index (χ1n) is 24.8. The fraction of sp³-hybridized carbons (Fsp3) is 0.804. The van der Waals surface area contributed by atoms with Crippen molar-refractivity contribution in [2.75, 3.05) is 20.3 Å². The molecule has 0 saturated heterocycles. The van der Waals surface area contributed by atoms with E-state index in [-0.39, 0.29) is 25.4 Å². The lowest BCUT2D eigenvalue weighted by molar-refractivity contribution is -0.161. The summed E-state index contributed by atoms with van der Waals surface area (Å²) in [4.78, 5) is 34.6. The predicted octanol–water partition coefficient (Wildman–Crippen LogP) is 16.1. The fourth-order valence-electron chi connectivity index (χ4n) is 7.06. The zero-order valence-corrected chi connectivity index (χ0v) is 40.0. The van der Waals surface area contributed by atoms with Gasteiger partial charge in [0.1, 0.15) is 6.61 Å². The Kier molecular flexibility index (Phi) is 45.0. The van der Waals surface area contributed by atoms with E-state index < -0.39 is 26.5 Å². The quantitative estimate of drug-likeness (QED) is 0.0279. The molecule has 0 amide bonds. The number of ether oxygens (including phenoxy) is 2. The lowest BCUT2D eigenvalue weighted by atomic mass is 10.0. The highest BCUT2D eigenvalue weighted by Crippen LogP contribution is 2.42. The predicted molar refractivity (Wildman–Crippen MR) is 253 cm³/mol. The third-order valence-electron chi connectivity index (χ3n) is 10.8. The van der Waals surface area contributed by atoms with Crippen LogP contribution in [-0.2, 0) is 32.7 Å². The molecule has 0 bridgehead atoms. The number of phosphoric acid groups is 1. The topological polar surface area (TPSA) is 108 Å². The van der Waals surface area contributed by atoms with Crippen molar-refractivity contribution in [1.82, 2.24) is 0 Å². The maximum Gasteiger partial charge on any atom is 0.472 e. The first-order chi connectivity index (χ1) is 29.3.